The molecular weight excluding hydrogens is 695 g/mol. The number of hydrogen-bond acceptors (Lipinski definition) is 5. The number of fused-ring (bicyclic) bond motifs is 4. The number of nitriles is 1. The Hall–Kier alpha value is -8.00. The van der Waals surface area contributed by atoms with Gasteiger partial charge >= 0.3 is 0 Å². The van der Waals surface area contributed by atoms with Gasteiger partial charge in [-0.3, -0.25) is 0 Å². The molecule has 0 amide bonds. The van der Waals surface area contributed by atoms with E-state index in [1.807, 2.05) is 48.5 Å². The van der Waals surface area contributed by atoms with Crippen LogP contribution in [0.2, 0.25) is 0 Å². The summed E-state index contributed by atoms with van der Waals surface area (Å²) in [6.07, 6.45) is 0. The average Bonchev–Trinajstić information content (AvgIpc) is 3.26. The second kappa shape index (κ2) is 13.4. The fraction of sp³-hybridized carbons (Fsp3) is 0. The number of nitrogens with zero attached hydrogens (tertiary/aromatic N) is 4. The highest BCUT2D eigenvalue weighted by atomic mass is 15.2. The van der Waals surface area contributed by atoms with Crippen LogP contribution in [-0.4, -0.2) is 6.71 Å². The molecule has 57 heavy (non-hydrogen) atoms. The van der Waals surface area contributed by atoms with Crippen LogP contribution in [0, 0.1) is 17.9 Å². The van der Waals surface area contributed by atoms with Crippen LogP contribution in [0.25, 0.3) is 38.2 Å². The molecule has 8 aromatic rings. The van der Waals surface area contributed by atoms with Gasteiger partial charge in [0.2, 0.25) is 5.69 Å². The van der Waals surface area contributed by atoms with Crippen molar-refractivity contribution in [2.24, 2.45) is 0 Å². The van der Waals surface area contributed by atoms with Crippen molar-refractivity contribution in [3.05, 3.63) is 193 Å². The van der Waals surface area contributed by atoms with E-state index in [1.165, 1.54) is 16.4 Å². The quantitative estimate of drug-likeness (QED) is 0.105. The number of benzene rings is 8. The van der Waals surface area contributed by atoms with E-state index in [0.29, 0.717) is 11.3 Å². The molecule has 7 heteroatoms. The minimum atomic E-state index is -0.102. The van der Waals surface area contributed by atoms with Crippen molar-refractivity contribution < 1.29 is 0 Å². The summed E-state index contributed by atoms with van der Waals surface area (Å²) in [5.41, 5.74) is 30.4. The van der Waals surface area contributed by atoms with E-state index >= 15 is 0 Å². The Labute approximate surface area is 332 Å². The highest BCUT2D eigenvalue weighted by Gasteiger charge is 2.43. The Balaban J connectivity index is 1.31. The van der Waals surface area contributed by atoms with E-state index in [-0.39, 0.29) is 6.71 Å². The minimum Gasteiger partial charge on any atom is -0.399 e. The van der Waals surface area contributed by atoms with Crippen molar-refractivity contribution in [3.63, 3.8) is 0 Å². The van der Waals surface area contributed by atoms with Gasteiger partial charge < -0.3 is 21.3 Å². The molecule has 0 spiro atoms. The fourth-order valence-corrected chi connectivity index (χ4v) is 8.48. The van der Waals surface area contributed by atoms with Gasteiger partial charge in [0.1, 0.15) is 0 Å². The van der Waals surface area contributed by atoms with E-state index in [9.17, 15) is 5.26 Å². The normalized spacial score (nSPS) is 12.2. The number of nitrogens with two attached hydrogens (primary N) is 2. The molecule has 2 aliphatic heterocycles. The van der Waals surface area contributed by atoms with Crippen molar-refractivity contribution >= 4 is 74.3 Å². The molecule has 0 bridgehead atoms. The highest BCUT2D eigenvalue weighted by Crippen LogP contribution is 2.47. The van der Waals surface area contributed by atoms with Crippen LogP contribution in [0.3, 0.4) is 0 Å². The standard InChI is InChI=1S/C50H33BN6/c1-55-45-26-34(12-13-37(45)31-52)38-29-48-50-49(30-38)57(42-10-6-3-7-11-42)47-28-36(33-16-22-40(54)23-17-33)19-25-44(47)51(50)43-24-18-35(32-14-20-39(53)21-15-32)27-46(43)56(48)41-8-4-2-5-9-41/h2-30H,53-54H2. The molecule has 6 nitrogen and oxygen atoms in total. The van der Waals surface area contributed by atoms with Gasteiger partial charge in [0, 0.05) is 45.5 Å². The van der Waals surface area contributed by atoms with Gasteiger partial charge in [0.15, 0.2) is 0 Å². The molecule has 0 atom stereocenters. The number of hydrogen-bond donors (Lipinski definition) is 2. The molecule has 0 radical (unpaired) electrons. The molecule has 2 aliphatic rings. The van der Waals surface area contributed by atoms with E-state index in [2.05, 4.69) is 142 Å². The van der Waals surface area contributed by atoms with Crippen LogP contribution in [0.15, 0.2) is 176 Å². The first kappa shape index (κ1) is 33.6. The summed E-state index contributed by atoms with van der Waals surface area (Å²) in [5.74, 6) is 0. The summed E-state index contributed by atoms with van der Waals surface area (Å²) in [7, 11) is 0. The third-order valence-electron chi connectivity index (χ3n) is 11.2. The van der Waals surface area contributed by atoms with E-state index in [1.54, 1.807) is 6.07 Å². The minimum absolute atomic E-state index is 0.102. The Kier molecular flexibility index (Phi) is 7.88. The molecule has 10 rings (SSSR count). The van der Waals surface area contributed by atoms with Gasteiger partial charge in [-0.25, -0.2) is 4.85 Å². The summed E-state index contributed by atoms with van der Waals surface area (Å²) in [5, 5.41) is 9.81. The highest BCUT2D eigenvalue weighted by molar-refractivity contribution is 7.00. The number of rotatable bonds is 5. The van der Waals surface area contributed by atoms with Gasteiger partial charge in [-0.2, -0.15) is 5.26 Å². The molecule has 0 aromatic heterocycles. The molecule has 0 unspecified atom stereocenters. The number of nitrogen functional groups attached to an aromatic ring is 2. The fourth-order valence-electron chi connectivity index (χ4n) is 8.48. The van der Waals surface area contributed by atoms with Crippen LogP contribution in [0.4, 0.5) is 51.2 Å². The van der Waals surface area contributed by atoms with Gasteiger partial charge in [0.05, 0.1) is 18.2 Å². The van der Waals surface area contributed by atoms with Crippen LogP contribution >= 0.6 is 0 Å². The average molecular weight is 729 g/mol. The van der Waals surface area contributed by atoms with Crippen molar-refractivity contribution in [2.75, 3.05) is 21.3 Å². The Bertz CT molecular complexity index is 2790. The second-order valence-corrected chi connectivity index (χ2v) is 14.4. The van der Waals surface area contributed by atoms with E-state index < -0.39 is 0 Å². The van der Waals surface area contributed by atoms with E-state index in [0.717, 1.165) is 78.9 Å². The van der Waals surface area contributed by atoms with Gasteiger partial charge in [-0.1, -0.05) is 97.1 Å². The maximum atomic E-state index is 9.81. The lowest BCUT2D eigenvalue weighted by Gasteiger charge is -2.44. The van der Waals surface area contributed by atoms with Crippen molar-refractivity contribution in [3.8, 4) is 39.4 Å². The molecule has 0 saturated carbocycles. The van der Waals surface area contributed by atoms with Crippen molar-refractivity contribution in [1.82, 2.24) is 0 Å². The zero-order valence-electron chi connectivity index (χ0n) is 30.8. The molecular formula is C50H33BN6. The predicted octanol–water partition coefficient (Wildman–Crippen LogP) is 10.4. The number of anilines is 8. The molecule has 0 saturated heterocycles. The SMILES string of the molecule is [C-]#[N+]c1cc(-c2cc3c4c(c2)N(c2ccccc2)c2cc(-c5ccc(N)cc5)ccc2B4c2ccc(-c4ccc(N)cc4)cc2N3c2ccccc2)ccc1C#N. The molecule has 266 valence electrons. The van der Waals surface area contributed by atoms with Crippen LogP contribution in [0.5, 0.6) is 0 Å². The summed E-state index contributed by atoms with van der Waals surface area (Å²) >= 11 is 0. The molecule has 0 fully saturated rings. The van der Waals surface area contributed by atoms with Gasteiger partial charge in [-0.05, 0) is 129 Å². The topological polar surface area (TPSA) is 86.7 Å². The van der Waals surface area contributed by atoms with Gasteiger partial charge in [0.25, 0.3) is 6.71 Å². The Morgan fingerprint density at radius 3 is 1.35 bits per heavy atom. The monoisotopic (exact) mass is 728 g/mol. The molecule has 0 aliphatic carbocycles. The maximum absolute atomic E-state index is 9.81. The number of para-hydroxylation sites is 2. The largest absolute Gasteiger partial charge is 0.399 e. The zero-order chi connectivity index (χ0) is 38.6. The van der Waals surface area contributed by atoms with Crippen molar-refractivity contribution in [1.29, 1.82) is 5.26 Å². The second-order valence-electron chi connectivity index (χ2n) is 14.4. The molecule has 4 N–H and O–H groups in total. The first-order valence-electron chi connectivity index (χ1n) is 18.8. The predicted molar refractivity (Wildman–Crippen MR) is 237 cm³/mol. The van der Waals surface area contributed by atoms with Crippen LogP contribution in [0.1, 0.15) is 5.56 Å². The summed E-state index contributed by atoms with van der Waals surface area (Å²) < 4.78 is 0. The summed E-state index contributed by atoms with van der Waals surface area (Å²) in [6, 6.07) is 63.0. The van der Waals surface area contributed by atoms with Gasteiger partial charge in [-0.15, -0.1) is 0 Å². The summed E-state index contributed by atoms with van der Waals surface area (Å²) in [4.78, 5) is 8.50. The smallest absolute Gasteiger partial charge is 0.252 e. The first-order valence-corrected chi connectivity index (χ1v) is 18.8. The zero-order valence-corrected chi connectivity index (χ0v) is 30.8. The molecule has 8 aromatic carbocycles. The maximum Gasteiger partial charge on any atom is 0.252 e. The van der Waals surface area contributed by atoms with Crippen LogP contribution in [-0.2, 0) is 0 Å². The van der Waals surface area contributed by atoms with Crippen LogP contribution < -0.4 is 37.7 Å². The lowest BCUT2D eigenvalue weighted by molar-refractivity contribution is 1.25. The first-order chi connectivity index (χ1) is 28.0. The van der Waals surface area contributed by atoms with Crippen molar-refractivity contribution in [2.45, 2.75) is 0 Å². The lowest BCUT2D eigenvalue weighted by atomic mass is 9.33. The third-order valence-corrected chi connectivity index (χ3v) is 11.2. The summed E-state index contributed by atoms with van der Waals surface area (Å²) in [6.45, 7) is 7.81. The third kappa shape index (κ3) is 5.57. The Morgan fingerprint density at radius 1 is 0.474 bits per heavy atom. The Morgan fingerprint density at radius 2 is 0.895 bits per heavy atom. The van der Waals surface area contributed by atoms with E-state index in [4.69, 9.17) is 18.0 Å². The lowest BCUT2D eigenvalue weighted by Crippen LogP contribution is -2.61. The molecule has 2 heterocycles.